The number of hydrogen-bond donors (Lipinski definition) is 0. The summed E-state index contributed by atoms with van der Waals surface area (Å²) in [6, 6.07) is 2.67. The monoisotopic (exact) mass is 189 g/mol. The topological polar surface area (TPSA) is 47.0 Å². The molecule has 0 amide bonds. The van der Waals surface area contributed by atoms with E-state index in [2.05, 4.69) is 4.98 Å². The highest BCUT2D eigenvalue weighted by molar-refractivity contribution is 7.90. The molecule has 0 aromatic carbocycles. The summed E-state index contributed by atoms with van der Waals surface area (Å²) >= 11 is 0. The SMILES string of the molecule is Cc1ccc(S(C)(=O)=O)nc1F. The van der Waals surface area contributed by atoms with E-state index < -0.39 is 15.8 Å². The van der Waals surface area contributed by atoms with Crippen molar-refractivity contribution < 1.29 is 12.8 Å². The fourth-order valence-electron chi connectivity index (χ4n) is 0.694. The van der Waals surface area contributed by atoms with Crippen molar-refractivity contribution in [2.45, 2.75) is 11.9 Å². The highest BCUT2D eigenvalue weighted by Crippen LogP contribution is 2.08. The van der Waals surface area contributed by atoms with Crippen molar-refractivity contribution in [2.24, 2.45) is 0 Å². The zero-order valence-corrected chi connectivity index (χ0v) is 7.52. The number of rotatable bonds is 1. The number of halogens is 1. The molecule has 0 fully saturated rings. The number of hydrogen-bond acceptors (Lipinski definition) is 3. The molecule has 0 saturated carbocycles. The predicted octanol–water partition coefficient (Wildman–Crippen LogP) is 0.933. The molecule has 0 saturated heterocycles. The van der Waals surface area contributed by atoms with Crippen molar-refractivity contribution in [3.05, 3.63) is 23.6 Å². The molecule has 0 unspecified atom stereocenters. The summed E-state index contributed by atoms with van der Waals surface area (Å²) in [7, 11) is -3.39. The van der Waals surface area contributed by atoms with Gasteiger partial charge in [-0.1, -0.05) is 6.07 Å². The fraction of sp³-hybridized carbons (Fsp3) is 0.286. The highest BCUT2D eigenvalue weighted by Gasteiger charge is 2.10. The Bertz CT molecular complexity index is 400. The number of sulfone groups is 1. The van der Waals surface area contributed by atoms with Crippen LogP contribution in [0.15, 0.2) is 17.2 Å². The zero-order valence-electron chi connectivity index (χ0n) is 6.70. The van der Waals surface area contributed by atoms with Gasteiger partial charge in [-0.3, -0.25) is 0 Å². The molecule has 0 aliphatic heterocycles. The molecule has 0 aliphatic carbocycles. The molecule has 3 nitrogen and oxygen atoms in total. The van der Waals surface area contributed by atoms with Crippen LogP contribution < -0.4 is 0 Å². The van der Waals surface area contributed by atoms with Gasteiger partial charge < -0.3 is 0 Å². The summed E-state index contributed by atoms with van der Waals surface area (Å²) in [4.78, 5) is 3.29. The lowest BCUT2D eigenvalue weighted by molar-refractivity contribution is 0.552. The van der Waals surface area contributed by atoms with Crippen molar-refractivity contribution in [2.75, 3.05) is 6.26 Å². The number of aromatic nitrogens is 1. The molecule has 0 radical (unpaired) electrons. The van der Waals surface area contributed by atoms with Crippen LogP contribution in [0.1, 0.15) is 5.56 Å². The summed E-state index contributed by atoms with van der Waals surface area (Å²) < 4.78 is 34.5. The third-order valence-corrected chi connectivity index (χ3v) is 2.38. The standard InChI is InChI=1S/C7H8FNO2S/c1-5-3-4-6(9-7(5)8)12(2,10)11/h3-4H,1-2H3. The van der Waals surface area contributed by atoms with Crippen LogP contribution in [0.2, 0.25) is 0 Å². The van der Waals surface area contributed by atoms with Crippen LogP contribution in [0.5, 0.6) is 0 Å². The van der Waals surface area contributed by atoms with Crippen molar-refractivity contribution in [1.29, 1.82) is 0 Å². The molecule has 0 atom stereocenters. The maximum absolute atomic E-state index is 12.7. The third-order valence-electron chi connectivity index (χ3n) is 1.39. The van der Waals surface area contributed by atoms with E-state index in [1.807, 2.05) is 0 Å². The van der Waals surface area contributed by atoms with Gasteiger partial charge in [0.15, 0.2) is 14.9 Å². The Kier molecular flexibility index (Phi) is 2.14. The normalized spacial score (nSPS) is 11.6. The van der Waals surface area contributed by atoms with E-state index in [9.17, 15) is 12.8 Å². The van der Waals surface area contributed by atoms with Crippen molar-refractivity contribution in [3.63, 3.8) is 0 Å². The quantitative estimate of drug-likeness (QED) is 0.617. The molecular formula is C7H8FNO2S. The van der Waals surface area contributed by atoms with Crippen molar-refractivity contribution >= 4 is 9.84 Å². The Morgan fingerprint density at radius 1 is 1.42 bits per heavy atom. The summed E-state index contributed by atoms with van der Waals surface area (Å²) in [6.45, 7) is 1.52. The lowest BCUT2D eigenvalue weighted by Crippen LogP contribution is -2.02. The van der Waals surface area contributed by atoms with E-state index in [1.165, 1.54) is 19.1 Å². The number of pyridine rings is 1. The Morgan fingerprint density at radius 3 is 2.42 bits per heavy atom. The maximum Gasteiger partial charge on any atom is 0.216 e. The van der Waals surface area contributed by atoms with Crippen LogP contribution in [0.25, 0.3) is 0 Å². The van der Waals surface area contributed by atoms with Crippen LogP contribution in [0.3, 0.4) is 0 Å². The molecule has 0 N–H and O–H groups in total. The molecule has 5 heteroatoms. The zero-order chi connectivity index (χ0) is 9.35. The first-order valence-corrected chi connectivity index (χ1v) is 5.13. The molecule has 1 rings (SSSR count). The van der Waals surface area contributed by atoms with E-state index in [4.69, 9.17) is 0 Å². The molecule has 0 bridgehead atoms. The molecule has 0 aliphatic rings. The second-order valence-corrected chi connectivity index (χ2v) is 4.49. The maximum atomic E-state index is 12.7. The minimum atomic E-state index is -3.39. The Morgan fingerprint density at radius 2 is 2.00 bits per heavy atom. The second kappa shape index (κ2) is 2.82. The average molecular weight is 189 g/mol. The Balaban J connectivity index is 3.33. The molecule has 12 heavy (non-hydrogen) atoms. The van der Waals surface area contributed by atoms with E-state index >= 15 is 0 Å². The largest absolute Gasteiger partial charge is 0.222 e. The highest BCUT2D eigenvalue weighted by atomic mass is 32.2. The van der Waals surface area contributed by atoms with E-state index in [0.717, 1.165) is 6.26 Å². The average Bonchev–Trinajstić information content (AvgIpc) is 1.92. The van der Waals surface area contributed by atoms with Gasteiger partial charge in [-0.15, -0.1) is 0 Å². The lowest BCUT2D eigenvalue weighted by atomic mass is 10.3. The first-order valence-electron chi connectivity index (χ1n) is 3.24. The minimum absolute atomic E-state index is 0.231. The van der Waals surface area contributed by atoms with Gasteiger partial charge in [-0.25, -0.2) is 13.4 Å². The Hall–Kier alpha value is -0.970. The fourth-order valence-corrected chi connectivity index (χ4v) is 1.25. The van der Waals surface area contributed by atoms with Crippen molar-refractivity contribution in [1.82, 2.24) is 4.98 Å². The van der Waals surface area contributed by atoms with Gasteiger partial charge in [0.25, 0.3) is 0 Å². The van der Waals surface area contributed by atoms with E-state index in [-0.39, 0.29) is 5.03 Å². The van der Waals surface area contributed by atoms with Gasteiger partial charge in [-0.2, -0.15) is 4.39 Å². The third kappa shape index (κ3) is 1.79. The van der Waals surface area contributed by atoms with Gasteiger partial charge in [0.05, 0.1) is 0 Å². The van der Waals surface area contributed by atoms with Gasteiger partial charge in [-0.05, 0) is 13.0 Å². The van der Waals surface area contributed by atoms with Crippen LogP contribution >= 0.6 is 0 Å². The van der Waals surface area contributed by atoms with E-state index in [0.29, 0.717) is 5.56 Å². The smallest absolute Gasteiger partial charge is 0.216 e. The summed E-state index contributed by atoms with van der Waals surface area (Å²) in [5.74, 6) is -0.738. The van der Waals surface area contributed by atoms with Crippen LogP contribution in [0, 0.1) is 12.9 Å². The molecule has 1 heterocycles. The predicted molar refractivity (Wildman–Crippen MR) is 42.0 cm³/mol. The molecule has 0 spiro atoms. The summed E-state index contributed by atoms with van der Waals surface area (Å²) in [6.07, 6.45) is 0.990. The van der Waals surface area contributed by atoms with Crippen LogP contribution in [0.4, 0.5) is 4.39 Å². The van der Waals surface area contributed by atoms with Crippen LogP contribution in [-0.2, 0) is 9.84 Å². The Labute approximate surface area is 70.2 Å². The van der Waals surface area contributed by atoms with Gasteiger partial charge in [0.1, 0.15) is 0 Å². The first-order chi connectivity index (χ1) is 5.41. The molecule has 1 aromatic heterocycles. The second-order valence-electron chi connectivity index (χ2n) is 2.53. The van der Waals surface area contributed by atoms with Gasteiger partial charge in [0, 0.05) is 11.8 Å². The van der Waals surface area contributed by atoms with E-state index in [1.54, 1.807) is 0 Å². The van der Waals surface area contributed by atoms with Gasteiger partial charge in [0.2, 0.25) is 5.95 Å². The van der Waals surface area contributed by atoms with Gasteiger partial charge >= 0.3 is 0 Å². The number of aryl methyl sites for hydroxylation is 1. The molecule has 66 valence electrons. The molecular weight excluding hydrogens is 181 g/mol. The molecule has 1 aromatic rings. The number of nitrogens with zero attached hydrogens (tertiary/aromatic N) is 1. The lowest BCUT2D eigenvalue weighted by Gasteiger charge is -1.98. The first kappa shape index (κ1) is 9.12. The summed E-state index contributed by atoms with van der Waals surface area (Å²) in [5.41, 5.74) is 0.336. The summed E-state index contributed by atoms with van der Waals surface area (Å²) in [5, 5.41) is -0.231. The minimum Gasteiger partial charge on any atom is -0.222 e. The van der Waals surface area contributed by atoms with Crippen LogP contribution in [-0.4, -0.2) is 19.7 Å². The van der Waals surface area contributed by atoms with Crippen molar-refractivity contribution in [3.8, 4) is 0 Å².